The molecule has 3 nitrogen and oxygen atoms in total. The lowest BCUT2D eigenvalue weighted by molar-refractivity contribution is -0.142. The summed E-state index contributed by atoms with van der Waals surface area (Å²) in [6.07, 6.45) is 1.16. The summed E-state index contributed by atoms with van der Waals surface area (Å²) in [5, 5.41) is 3.05. The zero-order chi connectivity index (χ0) is 7.56. The van der Waals surface area contributed by atoms with Gasteiger partial charge in [0.25, 0.3) is 0 Å². The monoisotopic (exact) mass is 141 g/mol. The van der Waals surface area contributed by atoms with Crippen molar-refractivity contribution in [1.29, 1.82) is 0 Å². The van der Waals surface area contributed by atoms with E-state index in [4.69, 9.17) is 4.74 Å². The third-order valence-corrected chi connectivity index (χ3v) is 1.48. The smallest absolute Gasteiger partial charge is 0.330 e. The molecule has 3 heteroatoms. The van der Waals surface area contributed by atoms with Gasteiger partial charge in [0.2, 0.25) is 0 Å². The number of carbonyl (C=O) groups is 1. The second-order valence-electron chi connectivity index (χ2n) is 2.36. The number of rotatable bonds is 3. The Morgan fingerprint density at radius 3 is 3.00 bits per heavy atom. The standard InChI is InChI=1S/C7H11NO2/c1-3-7(9)10-5(2)6-4-8-6/h3,5-6,8H,1,4H2,2H3. The molecule has 0 spiro atoms. The van der Waals surface area contributed by atoms with Gasteiger partial charge in [-0.15, -0.1) is 0 Å². The van der Waals surface area contributed by atoms with Gasteiger partial charge in [0.05, 0.1) is 6.04 Å². The molecule has 1 aliphatic rings. The van der Waals surface area contributed by atoms with Crippen LogP contribution in [0, 0.1) is 0 Å². The minimum Gasteiger partial charge on any atom is -0.458 e. The molecule has 1 saturated heterocycles. The second-order valence-corrected chi connectivity index (χ2v) is 2.36. The summed E-state index contributed by atoms with van der Waals surface area (Å²) in [6, 6.07) is 0.365. The molecule has 2 atom stereocenters. The molecule has 0 amide bonds. The van der Waals surface area contributed by atoms with Gasteiger partial charge in [-0.2, -0.15) is 0 Å². The molecule has 1 N–H and O–H groups in total. The SMILES string of the molecule is C=CC(=O)OC(C)C1CN1. The number of carbonyl (C=O) groups excluding carboxylic acids is 1. The molecule has 1 rings (SSSR count). The third-order valence-electron chi connectivity index (χ3n) is 1.48. The summed E-state index contributed by atoms with van der Waals surface area (Å²) in [6.45, 7) is 6.12. The maximum atomic E-state index is 10.6. The van der Waals surface area contributed by atoms with Crippen LogP contribution in [-0.2, 0) is 9.53 Å². The predicted octanol–water partition coefficient (Wildman–Crippen LogP) is 0.0759. The molecule has 1 aliphatic heterocycles. The van der Waals surface area contributed by atoms with Crippen molar-refractivity contribution in [3.8, 4) is 0 Å². The number of esters is 1. The van der Waals surface area contributed by atoms with Crippen LogP contribution in [0.5, 0.6) is 0 Å². The van der Waals surface area contributed by atoms with Crippen molar-refractivity contribution in [2.24, 2.45) is 0 Å². The molecule has 1 heterocycles. The maximum absolute atomic E-state index is 10.6. The molecule has 0 aliphatic carbocycles. The van der Waals surface area contributed by atoms with E-state index in [1.165, 1.54) is 6.08 Å². The van der Waals surface area contributed by atoms with E-state index in [0.29, 0.717) is 6.04 Å². The van der Waals surface area contributed by atoms with E-state index in [0.717, 1.165) is 6.54 Å². The lowest BCUT2D eigenvalue weighted by Gasteiger charge is -2.07. The van der Waals surface area contributed by atoms with Crippen molar-refractivity contribution in [2.75, 3.05) is 6.54 Å². The summed E-state index contributed by atoms with van der Waals surface area (Å²) in [5.74, 6) is -0.346. The quantitative estimate of drug-likeness (QED) is 0.344. The average Bonchev–Trinajstić information content (AvgIpc) is 2.68. The van der Waals surface area contributed by atoms with Gasteiger partial charge in [-0.1, -0.05) is 6.58 Å². The highest BCUT2D eigenvalue weighted by Crippen LogP contribution is 2.07. The molecular formula is C7H11NO2. The van der Waals surface area contributed by atoms with Crippen LogP contribution in [0.1, 0.15) is 6.92 Å². The van der Waals surface area contributed by atoms with E-state index in [-0.39, 0.29) is 12.1 Å². The van der Waals surface area contributed by atoms with Crippen LogP contribution < -0.4 is 5.32 Å². The molecule has 0 saturated carbocycles. The fourth-order valence-electron chi connectivity index (χ4n) is 0.713. The Labute approximate surface area is 60.1 Å². The van der Waals surface area contributed by atoms with E-state index >= 15 is 0 Å². The molecular weight excluding hydrogens is 130 g/mol. The number of hydrogen-bond acceptors (Lipinski definition) is 3. The lowest BCUT2D eigenvalue weighted by atomic mass is 10.3. The normalized spacial score (nSPS) is 25.1. The molecule has 1 fully saturated rings. The molecule has 0 aromatic carbocycles. The Morgan fingerprint density at radius 1 is 2.00 bits per heavy atom. The van der Waals surface area contributed by atoms with E-state index in [9.17, 15) is 4.79 Å². The number of ether oxygens (including phenoxy) is 1. The summed E-state index contributed by atoms with van der Waals surface area (Å²) < 4.78 is 4.90. The van der Waals surface area contributed by atoms with Gasteiger partial charge in [0.15, 0.2) is 0 Å². The molecule has 56 valence electrons. The Balaban J connectivity index is 2.22. The Morgan fingerprint density at radius 2 is 2.60 bits per heavy atom. The van der Waals surface area contributed by atoms with Crippen molar-refractivity contribution < 1.29 is 9.53 Å². The average molecular weight is 141 g/mol. The van der Waals surface area contributed by atoms with Crippen LogP contribution in [0.4, 0.5) is 0 Å². The van der Waals surface area contributed by atoms with Crippen LogP contribution in [-0.4, -0.2) is 24.7 Å². The van der Waals surface area contributed by atoms with E-state index in [1.54, 1.807) is 0 Å². The first kappa shape index (κ1) is 7.28. The highest BCUT2D eigenvalue weighted by Gasteiger charge is 2.29. The highest BCUT2D eigenvalue weighted by atomic mass is 16.5. The van der Waals surface area contributed by atoms with Gasteiger partial charge in [-0.05, 0) is 6.92 Å². The summed E-state index contributed by atoms with van der Waals surface area (Å²) in [7, 11) is 0. The van der Waals surface area contributed by atoms with Gasteiger partial charge in [0, 0.05) is 12.6 Å². The largest absolute Gasteiger partial charge is 0.458 e. The van der Waals surface area contributed by atoms with E-state index in [2.05, 4.69) is 11.9 Å². The second kappa shape index (κ2) is 2.84. The van der Waals surface area contributed by atoms with Crippen LogP contribution in [0.25, 0.3) is 0 Å². The van der Waals surface area contributed by atoms with Gasteiger partial charge >= 0.3 is 5.97 Å². The zero-order valence-corrected chi connectivity index (χ0v) is 5.96. The van der Waals surface area contributed by atoms with Gasteiger partial charge in [-0.3, -0.25) is 0 Å². The first-order valence-electron chi connectivity index (χ1n) is 3.30. The molecule has 10 heavy (non-hydrogen) atoms. The summed E-state index contributed by atoms with van der Waals surface area (Å²) >= 11 is 0. The minimum absolute atomic E-state index is 0.0227. The minimum atomic E-state index is -0.346. The van der Waals surface area contributed by atoms with Crippen molar-refractivity contribution >= 4 is 5.97 Å². The predicted molar refractivity (Wildman–Crippen MR) is 37.5 cm³/mol. The van der Waals surface area contributed by atoms with E-state index in [1.807, 2.05) is 6.92 Å². The van der Waals surface area contributed by atoms with Gasteiger partial charge in [0.1, 0.15) is 6.10 Å². The summed E-state index contributed by atoms with van der Waals surface area (Å²) in [5.41, 5.74) is 0. The topological polar surface area (TPSA) is 48.2 Å². The van der Waals surface area contributed by atoms with E-state index < -0.39 is 0 Å². The molecule has 0 radical (unpaired) electrons. The van der Waals surface area contributed by atoms with Crippen LogP contribution >= 0.6 is 0 Å². The van der Waals surface area contributed by atoms with Gasteiger partial charge in [-0.25, -0.2) is 4.79 Å². The number of nitrogens with one attached hydrogen (secondary N) is 1. The molecule has 0 aromatic heterocycles. The fourth-order valence-corrected chi connectivity index (χ4v) is 0.713. The Bertz CT molecular complexity index is 152. The van der Waals surface area contributed by atoms with Crippen molar-refractivity contribution in [2.45, 2.75) is 19.1 Å². The summed E-state index contributed by atoms with van der Waals surface area (Å²) in [4.78, 5) is 10.6. The Hall–Kier alpha value is -0.830. The molecule has 2 unspecified atom stereocenters. The lowest BCUT2D eigenvalue weighted by Crippen LogP contribution is -2.20. The fraction of sp³-hybridized carbons (Fsp3) is 0.571. The zero-order valence-electron chi connectivity index (χ0n) is 5.96. The highest BCUT2D eigenvalue weighted by molar-refractivity contribution is 5.81. The number of hydrogen-bond donors (Lipinski definition) is 1. The first-order chi connectivity index (χ1) is 4.74. The van der Waals surface area contributed by atoms with Gasteiger partial charge < -0.3 is 10.1 Å². The van der Waals surface area contributed by atoms with Crippen LogP contribution in [0.2, 0.25) is 0 Å². The van der Waals surface area contributed by atoms with Crippen LogP contribution in [0.15, 0.2) is 12.7 Å². The van der Waals surface area contributed by atoms with Crippen molar-refractivity contribution in [3.63, 3.8) is 0 Å². The van der Waals surface area contributed by atoms with Crippen molar-refractivity contribution in [1.82, 2.24) is 5.32 Å². The van der Waals surface area contributed by atoms with Crippen LogP contribution in [0.3, 0.4) is 0 Å². The van der Waals surface area contributed by atoms with Crippen molar-refractivity contribution in [3.05, 3.63) is 12.7 Å². The first-order valence-corrected chi connectivity index (χ1v) is 3.30. The Kier molecular flexibility index (Phi) is 2.06. The molecule has 0 bridgehead atoms. The third kappa shape index (κ3) is 1.84. The maximum Gasteiger partial charge on any atom is 0.330 e. The molecule has 0 aromatic rings.